The van der Waals surface area contributed by atoms with Gasteiger partial charge in [0.15, 0.2) is 5.69 Å². The van der Waals surface area contributed by atoms with Gasteiger partial charge in [-0.25, -0.2) is 19.9 Å². The molecule has 0 fully saturated rings. The molecule has 5 aromatic rings. The van der Waals surface area contributed by atoms with E-state index in [0.29, 0.717) is 22.6 Å². The molecule has 3 aromatic heterocycles. The molecular weight excluding hydrogens is 501 g/mol. The van der Waals surface area contributed by atoms with E-state index in [-0.39, 0.29) is 34.8 Å². The Balaban J connectivity index is 1.41. The molecule has 0 unspecified atom stereocenters. The number of methoxy groups -OCH3 is 1. The third kappa shape index (κ3) is 4.89. The number of nitrogen functional groups attached to an aromatic ring is 1. The minimum atomic E-state index is -4.74. The number of para-hydroxylation sites is 2. The summed E-state index contributed by atoms with van der Waals surface area (Å²) in [7, 11) is 1.36. The number of carbonyl (C=O) groups is 1. The Labute approximate surface area is 213 Å². The predicted molar refractivity (Wildman–Crippen MR) is 134 cm³/mol. The van der Waals surface area contributed by atoms with Crippen LogP contribution >= 0.6 is 0 Å². The minimum absolute atomic E-state index is 0.00146. The van der Waals surface area contributed by atoms with Crippen molar-refractivity contribution in [3.05, 3.63) is 84.4 Å². The summed E-state index contributed by atoms with van der Waals surface area (Å²) in [4.78, 5) is 28.6. The average molecular weight is 520 g/mol. The monoisotopic (exact) mass is 520 g/mol. The third-order valence-electron chi connectivity index (χ3n) is 5.48. The van der Waals surface area contributed by atoms with Crippen LogP contribution in [0.3, 0.4) is 0 Å². The van der Waals surface area contributed by atoms with Crippen LogP contribution in [0.1, 0.15) is 16.1 Å². The van der Waals surface area contributed by atoms with Gasteiger partial charge in [0.2, 0.25) is 11.8 Å². The Hall–Kier alpha value is -5.20. The molecule has 5 rings (SSSR count). The van der Waals surface area contributed by atoms with Crippen molar-refractivity contribution >= 4 is 34.6 Å². The second kappa shape index (κ2) is 9.69. The summed E-state index contributed by atoms with van der Waals surface area (Å²) < 4.78 is 47.7. The van der Waals surface area contributed by atoms with Crippen molar-refractivity contribution in [1.29, 1.82) is 0 Å². The van der Waals surface area contributed by atoms with E-state index in [1.807, 2.05) is 0 Å². The summed E-state index contributed by atoms with van der Waals surface area (Å²) in [6.45, 7) is 0. The van der Waals surface area contributed by atoms with Gasteiger partial charge in [0.1, 0.15) is 17.7 Å². The maximum absolute atomic E-state index is 13.8. The number of hydrogen-bond donors (Lipinski definition) is 3. The molecule has 0 bridgehead atoms. The molecule has 13 heteroatoms. The molecule has 0 aliphatic heterocycles. The number of nitrogens with zero attached hydrogens (tertiary/aromatic N) is 5. The average Bonchev–Trinajstić information content (AvgIpc) is 3.30. The van der Waals surface area contributed by atoms with Crippen molar-refractivity contribution in [3.63, 3.8) is 0 Å². The van der Waals surface area contributed by atoms with Gasteiger partial charge in [-0.05, 0) is 42.5 Å². The Morgan fingerprint density at radius 2 is 1.79 bits per heavy atom. The minimum Gasteiger partial charge on any atom is -0.481 e. The molecule has 0 radical (unpaired) electrons. The van der Waals surface area contributed by atoms with Gasteiger partial charge in [-0.15, -0.1) is 0 Å². The quantitative estimate of drug-likeness (QED) is 0.272. The van der Waals surface area contributed by atoms with Gasteiger partial charge in [-0.3, -0.25) is 9.20 Å². The number of imidazole rings is 1. The first kappa shape index (κ1) is 24.5. The molecule has 0 aliphatic carbocycles. The Morgan fingerprint density at radius 1 is 1.03 bits per heavy atom. The molecule has 0 saturated carbocycles. The van der Waals surface area contributed by atoms with Crippen molar-refractivity contribution in [2.45, 2.75) is 6.18 Å². The summed E-state index contributed by atoms with van der Waals surface area (Å²) in [5.74, 6) is -0.191. The van der Waals surface area contributed by atoms with Crippen LogP contribution in [0, 0.1) is 0 Å². The molecular formula is C25H19F3N8O2. The van der Waals surface area contributed by atoms with Crippen LogP contribution < -0.4 is 21.1 Å². The summed E-state index contributed by atoms with van der Waals surface area (Å²) in [5, 5.41) is 5.67. The number of benzene rings is 2. The van der Waals surface area contributed by atoms with Gasteiger partial charge < -0.3 is 21.1 Å². The molecule has 4 N–H and O–H groups in total. The summed E-state index contributed by atoms with van der Waals surface area (Å²) in [5.41, 5.74) is 6.24. The highest BCUT2D eigenvalue weighted by atomic mass is 19.4. The number of hydrogen-bond acceptors (Lipinski definition) is 8. The maximum Gasteiger partial charge on any atom is 0.435 e. The van der Waals surface area contributed by atoms with Crippen LogP contribution in [-0.4, -0.2) is 37.4 Å². The first-order valence-corrected chi connectivity index (χ1v) is 11.1. The zero-order valence-electron chi connectivity index (χ0n) is 19.7. The van der Waals surface area contributed by atoms with Gasteiger partial charge in [0.05, 0.1) is 24.2 Å². The van der Waals surface area contributed by atoms with Crippen LogP contribution in [0.15, 0.2) is 73.2 Å². The van der Waals surface area contributed by atoms with E-state index in [2.05, 4.69) is 30.6 Å². The first-order valence-electron chi connectivity index (χ1n) is 11.1. The van der Waals surface area contributed by atoms with Gasteiger partial charge in [-0.2, -0.15) is 13.2 Å². The lowest BCUT2D eigenvalue weighted by Crippen LogP contribution is -2.13. The van der Waals surface area contributed by atoms with Crippen LogP contribution in [0.4, 0.5) is 36.2 Å². The van der Waals surface area contributed by atoms with E-state index in [0.717, 1.165) is 0 Å². The molecule has 192 valence electrons. The van der Waals surface area contributed by atoms with Crippen LogP contribution in [0.25, 0.3) is 17.0 Å². The Bertz CT molecular complexity index is 1630. The zero-order valence-corrected chi connectivity index (χ0v) is 19.7. The van der Waals surface area contributed by atoms with Crippen molar-refractivity contribution in [1.82, 2.24) is 24.3 Å². The van der Waals surface area contributed by atoms with E-state index in [1.165, 1.54) is 36.2 Å². The number of halogens is 3. The van der Waals surface area contributed by atoms with Gasteiger partial charge in [0, 0.05) is 23.5 Å². The zero-order chi connectivity index (χ0) is 26.9. The first-order chi connectivity index (χ1) is 18.2. The van der Waals surface area contributed by atoms with Crippen molar-refractivity contribution in [3.8, 4) is 17.3 Å². The smallest absolute Gasteiger partial charge is 0.435 e. The number of ether oxygens (including phenoxy) is 1. The topological polar surface area (TPSA) is 132 Å². The number of aromatic nitrogens is 5. The Kier molecular flexibility index (Phi) is 6.24. The summed E-state index contributed by atoms with van der Waals surface area (Å²) in [6, 6.07) is 15.9. The lowest BCUT2D eigenvalue weighted by Gasteiger charge is -2.10. The number of carbonyl (C=O) groups excluding carboxylic acids is 1. The third-order valence-corrected chi connectivity index (χ3v) is 5.48. The number of nitrogens with one attached hydrogen (secondary N) is 2. The Morgan fingerprint density at radius 3 is 2.50 bits per heavy atom. The second-order valence-corrected chi connectivity index (χ2v) is 7.98. The number of amides is 1. The highest BCUT2D eigenvalue weighted by Gasteiger charge is 2.39. The van der Waals surface area contributed by atoms with Crippen molar-refractivity contribution in [2.75, 3.05) is 23.5 Å². The molecule has 38 heavy (non-hydrogen) atoms. The van der Waals surface area contributed by atoms with E-state index in [4.69, 9.17) is 10.5 Å². The standard InChI is InChI=1S/C25H19F3N8O2/c1-38-20-12-19-35-22(25(26,27)28)21(36(19)13-31-20)18-10-11-30-24(34-18)32-15-8-6-14(7-9-15)23(37)33-17-5-3-2-4-16(17)29/h2-13H,29H2,1H3,(H,33,37)(H,30,32,34). The van der Waals surface area contributed by atoms with Crippen molar-refractivity contribution < 1.29 is 22.7 Å². The maximum atomic E-state index is 13.8. The predicted octanol–water partition coefficient (Wildman–Crippen LogP) is 4.79. The van der Waals surface area contributed by atoms with E-state index < -0.39 is 11.9 Å². The molecule has 0 spiro atoms. The SMILES string of the molecule is COc1cc2nc(C(F)(F)F)c(-c3ccnc(Nc4ccc(C(=O)Nc5ccccc5N)cc4)n3)n2cn1. The van der Waals surface area contributed by atoms with E-state index in [1.54, 1.807) is 48.5 Å². The lowest BCUT2D eigenvalue weighted by molar-refractivity contribution is -0.140. The summed E-state index contributed by atoms with van der Waals surface area (Å²) >= 11 is 0. The molecule has 0 aliphatic rings. The van der Waals surface area contributed by atoms with Crippen molar-refractivity contribution in [2.24, 2.45) is 0 Å². The molecule has 10 nitrogen and oxygen atoms in total. The number of alkyl halides is 3. The molecule has 1 amide bonds. The fourth-order valence-electron chi connectivity index (χ4n) is 3.68. The second-order valence-electron chi connectivity index (χ2n) is 7.98. The van der Waals surface area contributed by atoms with Gasteiger partial charge in [-0.1, -0.05) is 12.1 Å². The number of anilines is 4. The fourth-order valence-corrected chi connectivity index (χ4v) is 3.68. The molecule has 0 saturated heterocycles. The highest BCUT2D eigenvalue weighted by Crippen LogP contribution is 2.37. The normalized spacial score (nSPS) is 11.4. The number of fused-ring (bicyclic) bond motifs is 1. The number of rotatable bonds is 6. The van der Waals surface area contributed by atoms with E-state index in [9.17, 15) is 18.0 Å². The molecule has 0 atom stereocenters. The van der Waals surface area contributed by atoms with E-state index >= 15 is 0 Å². The van der Waals surface area contributed by atoms with Gasteiger partial charge in [0.25, 0.3) is 5.91 Å². The fraction of sp³-hybridized carbons (Fsp3) is 0.0800. The van der Waals surface area contributed by atoms with Crippen LogP contribution in [-0.2, 0) is 6.18 Å². The molecule has 3 heterocycles. The van der Waals surface area contributed by atoms with Crippen LogP contribution in [0.5, 0.6) is 5.88 Å². The van der Waals surface area contributed by atoms with Gasteiger partial charge >= 0.3 is 6.18 Å². The largest absolute Gasteiger partial charge is 0.481 e. The van der Waals surface area contributed by atoms with Crippen LogP contribution in [0.2, 0.25) is 0 Å². The highest BCUT2D eigenvalue weighted by molar-refractivity contribution is 6.05. The lowest BCUT2D eigenvalue weighted by atomic mass is 10.2. The number of nitrogens with two attached hydrogens (primary N) is 1. The molecule has 2 aromatic carbocycles. The summed E-state index contributed by atoms with van der Waals surface area (Å²) in [6.07, 6.45) is -2.23.